The molecule has 0 heterocycles. The molecule has 0 spiro atoms. The smallest absolute Gasteiger partial charge is 0.251 e. The van der Waals surface area contributed by atoms with E-state index >= 15 is 0 Å². The Bertz CT molecular complexity index is 612. The van der Waals surface area contributed by atoms with Crippen molar-refractivity contribution in [3.8, 4) is 0 Å². The van der Waals surface area contributed by atoms with Crippen LogP contribution in [0.2, 0.25) is 0 Å². The minimum absolute atomic E-state index is 0.0513. The zero-order chi connectivity index (χ0) is 15.4. The summed E-state index contributed by atoms with van der Waals surface area (Å²) in [6.07, 6.45) is 0.819. The lowest BCUT2D eigenvalue weighted by Crippen LogP contribution is -2.34. The first kappa shape index (κ1) is 15.1. The lowest BCUT2D eigenvalue weighted by Gasteiger charge is -2.15. The molecule has 0 saturated heterocycles. The van der Waals surface area contributed by atoms with Gasteiger partial charge in [-0.15, -0.1) is 0 Å². The van der Waals surface area contributed by atoms with E-state index in [9.17, 15) is 4.79 Å². The van der Waals surface area contributed by atoms with Gasteiger partial charge in [0, 0.05) is 17.3 Å². The molecule has 0 unspecified atom stereocenters. The Balaban J connectivity index is 2.04. The van der Waals surface area contributed by atoms with Crippen LogP contribution in [-0.2, 0) is 6.42 Å². The first-order valence-electron chi connectivity index (χ1n) is 7.19. The van der Waals surface area contributed by atoms with Crippen molar-refractivity contribution in [3.63, 3.8) is 0 Å². The lowest BCUT2D eigenvalue weighted by atomic mass is 10.0. The Kier molecular flexibility index (Phi) is 4.63. The molecular weight excluding hydrogens is 260 g/mol. The number of nitrogen functional groups attached to an aromatic ring is 1. The molecule has 0 aliphatic rings. The topological polar surface area (TPSA) is 55.1 Å². The van der Waals surface area contributed by atoms with Crippen LogP contribution in [-0.4, -0.2) is 11.9 Å². The zero-order valence-corrected chi connectivity index (χ0v) is 12.8. The number of carbonyl (C=O) groups excluding carboxylic acids is 1. The van der Waals surface area contributed by atoms with Gasteiger partial charge < -0.3 is 11.1 Å². The third kappa shape index (κ3) is 3.85. The van der Waals surface area contributed by atoms with Crippen molar-refractivity contribution in [2.24, 2.45) is 0 Å². The van der Waals surface area contributed by atoms with E-state index < -0.39 is 0 Å². The summed E-state index contributed by atoms with van der Waals surface area (Å²) in [4.78, 5) is 12.3. The van der Waals surface area contributed by atoms with E-state index in [0.717, 1.165) is 23.2 Å². The minimum Gasteiger partial charge on any atom is -0.398 e. The molecule has 21 heavy (non-hydrogen) atoms. The van der Waals surface area contributed by atoms with Crippen molar-refractivity contribution >= 4 is 11.6 Å². The second-order valence-electron chi connectivity index (χ2n) is 5.59. The lowest BCUT2D eigenvalue weighted by molar-refractivity contribution is 0.0940. The second-order valence-corrected chi connectivity index (χ2v) is 5.59. The normalized spacial score (nSPS) is 12.0. The van der Waals surface area contributed by atoms with Crippen LogP contribution >= 0.6 is 0 Å². The Hall–Kier alpha value is -2.29. The van der Waals surface area contributed by atoms with Crippen LogP contribution in [0.25, 0.3) is 0 Å². The molecule has 0 saturated carbocycles. The molecule has 0 aliphatic heterocycles. The van der Waals surface area contributed by atoms with Gasteiger partial charge in [0.05, 0.1) is 0 Å². The van der Waals surface area contributed by atoms with E-state index in [1.54, 1.807) is 0 Å². The molecule has 3 N–H and O–H groups in total. The number of nitrogens with two attached hydrogens (primary N) is 1. The van der Waals surface area contributed by atoms with Gasteiger partial charge in [-0.1, -0.05) is 30.3 Å². The van der Waals surface area contributed by atoms with Gasteiger partial charge in [0.2, 0.25) is 0 Å². The fourth-order valence-electron chi connectivity index (χ4n) is 2.43. The highest BCUT2D eigenvalue weighted by molar-refractivity contribution is 5.95. The van der Waals surface area contributed by atoms with E-state index in [1.165, 1.54) is 5.56 Å². The van der Waals surface area contributed by atoms with E-state index in [0.29, 0.717) is 5.56 Å². The second kappa shape index (κ2) is 6.44. The van der Waals surface area contributed by atoms with Crippen LogP contribution in [0.3, 0.4) is 0 Å². The van der Waals surface area contributed by atoms with Gasteiger partial charge in [-0.25, -0.2) is 0 Å². The summed E-state index contributed by atoms with van der Waals surface area (Å²) < 4.78 is 0. The minimum atomic E-state index is -0.0513. The maximum Gasteiger partial charge on any atom is 0.251 e. The van der Waals surface area contributed by atoms with E-state index in [2.05, 4.69) is 17.4 Å². The molecule has 3 heteroatoms. The number of aryl methyl sites for hydroxylation is 2. The highest BCUT2D eigenvalue weighted by Crippen LogP contribution is 2.18. The molecule has 1 amide bonds. The van der Waals surface area contributed by atoms with Crippen molar-refractivity contribution in [2.45, 2.75) is 33.2 Å². The molecule has 2 rings (SSSR count). The molecule has 0 aromatic heterocycles. The predicted octanol–water partition coefficient (Wildman–Crippen LogP) is 3.25. The number of hydrogen-bond donors (Lipinski definition) is 2. The van der Waals surface area contributed by atoms with Crippen LogP contribution in [0.5, 0.6) is 0 Å². The summed E-state index contributed by atoms with van der Waals surface area (Å²) >= 11 is 0. The fraction of sp³-hybridized carbons (Fsp3) is 0.278. The third-order valence-corrected chi connectivity index (χ3v) is 3.62. The van der Waals surface area contributed by atoms with Crippen LogP contribution in [0.15, 0.2) is 42.5 Å². The molecule has 110 valence electrons. The summed E-state index contributed by atoms with van der Waals surface area (Å²) in [6, 6.07) is 13.9. The summed E-state index contributed by atoms with van der Waals surface area (Å²) in [5.74, 6) is -0.0513. The number of rotatable bonds is 4. The van der Waals surface area contributed by atoms with Crippen molar-refractivity contribution in [1.82, 2.24) is 5.32 Å². The highest BCUT2D eigenvalue weighted by Gasteiger charge is 2.12. The predicted molar refractivity (Wildman–Crippen MR) is 87.4 cm³/mol. The molecule has 1 atom stereocenters. The number of amides is 1. The monoisotopic (exact) mass is 282 g/mol. The molecule has 0 radical (unpaired) electrons. The number of hydrogen-bond acceptors (Lipinski definition) is 2. The standard InChI is InChI=1S/C18H22N2O/c1-12-9-16(10-13(2)17(12)19)18(21)20-14(3)11-15-7-5-4-6-8-15/h4-10,14H,11,19H2,1-3H3,(H,20,21)/t14-/m0/s1. The maximum atomic E-state index is 12.3. The van der Waals surface area contributed by atoms with Gasteiger partial charge in [-0.05, 0) is 56.0 Å². The molecular formula is C18H22N2O. The number of anilines is 1. The van der Waals surface area contributed by atoms with E-state index in [4.69, 9.17) is 5.73 Å². The van der Waals surface area contributed by atoms with Crippen molar-refractivity contribution in [1.29, 1.82) is 0 Å². The molecule has 0 aliphatic carbocycles. The number of benzene rings is 2. The Morgan fingerprint density at radius 3 is 2.29 bits per heavy atom. The SMILES string of the molecule is Cc1cc(C(=O)N[C@@H](C)Cc2ccccc2)cc(C)c1N. The van der Waals surface area contributed by atoms with Gasteiger partial charge >= 0.3 is 0 Å². The average molecular weight is 282 g/mol. The first-order chi connectivity index (χ1) is 9.97. The van der Waals surface area contributed by atoms with E-state index in [-0.39, 0.29) is 11.9 Å². The summed E-state index contributed by atoms with van der Waals surface area (Å²) in [5, 5.41) is 3.04. The van der Waals surface area contributed by atoms with Crippen LogP contribution in [0.1, 0.15) is 34.0 Å². The summed E-state index contributed by atoms with van der Waals surface area (Å²) in [5.41, 5.74) is 10.4. The van der Waals surface area contributed by atoms with Gasteiger partial charge in [-0.2, -0.15) is 0 Å². The molecule has 0 fully saturated rings. The summed E-state index contributed by atoms with van der Waals surface area (Å²) in [6.45, 7) is 5.86. The van der Waals surface area contributed by atoms with Gasteiger partial charge in [0.15, 0.2) is 0 Å². The Morgan fingerprint density at radius 1 is 1.14 bits per heavy atom. The molecule has 2 aromatic rings. The van der Waals surface area contributed by atoms with Crippen molar-refractivity contribution in [2.75, 3.05) is 5.73 Å². The van der Waals surface area contributed by atoms with Crippen LogP contribution in [0.4, 0.5) is 5.69 Å². The largest absolute Gasteiger partial charge is 0.398 e. The number of nitrogens with one attached hydrogen (secondary N) is 1. The number of carbonyl (C=O) groups is 1. The van der Waals surface area contributed by atoms with Crippen molar-refractivity contribution in [3.05, 3.63) is 64.7 Å². The average Bonchev–Trinajstić information content (AvgIpc) is 2.45. The fourth-order valence-corrected chi connectivity index (χ4v) is 2.43. The van der Waals surface area contributed by atoms with Gasteiger partial charge in [-0.3, -0.25) is 4.79 Å². The van der Waals surface area contributed by atoms with Gasteiger partial charge in [0.1, 0.15) is 0 Å². The third-order valence-electron chi connectivity index (χ3n) is 3.62. The van der Waals surface area contributed by atoms with Crippen LogP contribution < -0.4 is 11.1 Å². The van der Waals surface area contributed by atoms with Crippen LogP contribution in [0, 0.1) is 13.8 Å². The quantitative estimate of drug-likeness (QED) is 0.846. The zero-order valence-electron chi connectivity index (χ0n) is 12.8. The van der Waals surface area contributed by atoms with Crippen molar-refractivity contribution < 1.29 is 4.79 Å². The summed E-state index contributed by atoms with van der Waals surface area (Å²) in [7, 11) is 0. The first-order valence-corrected chi connectivity index (χ1v) is 7.19. The Labute approximate surface area is 126 Å². The Morgan fingerprint density at radius 2 is 1.71 bits per heavy atom. The maximum absolute atomic E-state index is 12.3. The van der Waals surface area contributed by atoms with Gasteiger partial charge in [0.25, 0.3) is 5.91 Å². The molecule has 3 nitrogen and oxygen atoms in total. The molecule has 0 bridgehead atoms. The molecule has 2 aromatic carbocycles. The van der Waals surface area contributed by atoms with E-state index in [1.807, 2.05) is 51.1 Å². The highest BCUT2D eigenvalue weighted by atomic mass is 16.1.